The Morgan fingerprint density at radius 2 is 2.21 bits per heavy atom. The van der Waals surface area contributed by atoms with Gasteiger partial charge in [0, 0.05) is 13.1 Å². The normalized spacial score (nSPS) is 23.7. The van der Waals surface area contributed by atoms with Gasteiger partial charge in [-0.1, -0.05) is 0 Å². The van der Waals surface area contributed by atoms with E-state index in [-0.39, 0.29) is 6.10 Å². The maximum absolute atomic E-state index is 10.2. The minimum absolute atomic E-state index is 0.00881. The first-order chi connectivity index (χ1) is 8.89. The Balaban J connectivity index is 2.24. The van der Waals surface area contributed by atoms with Crippen LogP contribution in [0.4, 0.5) is 11.5 Å². The minimum atomic E-state index is -0.700. The van der Waals surface area contributed by atoms with Crippen LogP contribution in [-0.4, -0.2) is 39.9 Å². The van der Waals surface area contributed by atoms with Crippen LogP contribution in [-0.2, 0) is 0 Å². The molecular formula is C13H22N4O2. The Morgan fingerprint density at radius 1 is 1.47 bits per heavy atom. The van der Waals surface area contributed by atoms with Crippen LogP contribution < -0.4 is 15.4 Å². The summed E-state index contributed by atoms with van der Waals surface area (Å²) in [6, 6.07) is 0. The molecule has 1 unspecified atom stereocenters. The highest BCUT2D eigenvalue weighted by atomic mass is 16.5. The van der Waals surface area contributed by atoms with Crippen LogP contribution in [0.2, 0.25) is 0 Å². The molecule has 1 aromatic heterocycles. The summed E-state index contributed by atoms with van der Waals surface area (Å²) in [5.41, 5.74) is 5.82. The lowest BCUT2D eigenvalue weighted by Gasteiger charge is -2.37. The molecule has 1 fully saturated rings. The van der Waals surface area contributed by atoms with E-state index >= 15 is 0 Å². The van der Waals surface area contributed by atoms with Crippen molar-refractivity contribution in [2.24, 2.45) is 0 Å². The van der Waals surface area contributed by atoms with Crippen LogP contribution in [0.25, 0.3) is 0 Å². The summed E-state index contributed by atoms with van der Waals surface area (Å²) in [5.74, 6) is 1.05. The van der Waals surface area contributed by atoms with Crippen LogP contribution in [0.15, 0.2) is 6.33 Å². The third kappa shape index (κ3) is 3.26. The summed E-state index contributed by atoms with van der Waals surface area (Å²) in [5, 5.41) is 10.2. The fraction of sp³-hybridized carbons (Fsp3) is 0.692. The molecule has 2 rings (SSSR count). The third-order valence-corrected chi connectivity index (χ3v) is 3.15. The van der Waals surface area contributed by atoms with E-state index < -0.39 is 5.60 Å². The van der Waals surface area contributed by atoms with Gasteiger partial charge < -0.3 is 20.5 Å². The number of piperidine rings is 1. The summed E-state index contributed by atoms with van der Waals surface area (Å²) in [6.45, 7) is 7.04. The largest absolute Gasteiger partial charge is 0.473 e. The van der Waals surface area contributed by atoms with Crippen LogP contribution in [0.1, 0.15) is 33.6 Å². The monoisotopic (exact) mass is 266 g/mol. The Labute approximate surface area is 113 Å². The summed E-state index contributed by atoms with van der Waals surface area (Å²) in [4.78, 5) is 10.3. The van der Waals surface area contributed by atoms with Crippen molar-refractivity contribution in [3.8, 4) is 5.88 Å². The average Bonchev–Trinajstić information content (AvgIpc) is 2.30. The van der Waals surface area contributed by atoms with E-state index in [9.17, 15) is 5.11 Å². The molecule has 0 aliphatic carbocycles. The van der Waals surface area contributed by atoms with Gasteiger partial charge in [0.05, 0.1) is 11.7 Å². The van der Waals surface area contributed by atoms with Gasteiger partial charge in [-0.2, -0.15) is 4.98 Å². The van der Waals surface area contributed by atoms with Gasteiger partial charge in [0.25, 0.3) is 0 Å². The number of rotatable bonds is 3. The number of β-amino-alcohol motifs (C(OH)–C–C–N with tert-alkyl or cyclic N) is 1. The second kappa shape index (κ2) is 5.21. The van der Waals surface area contributed by atoms with Crippen LogP contribution in [0, 0.1) is 0 Å². The Morgan fingerprint density at radius 3 is 2.84 bits per heavy atom. The van der Waals surface area contributed by atoms with E-state index in [2.05, 4.69) is 9.97 Å². The zero-order chi connectivity index (χ0) is 14.0. The number of ether oxygens (including phenoxy) is 1. The molecule has 0 radical (unpaired) electrons. The molecule has 6 nitrogen and oxygen atoms in total. The standard InChI is InChI=1S/C13H22N4O2/c1-9(2)19-12-10(14)11(15-8-16-12)17-6-4-5-13(3,18)7-17/h8-9,18H,4-7,14H2,1-3H3. The maximum Gasteiger partial charge on any atom is 0.242 e. The molecule has 1 aliphatic heterocycles. The second-order valence-corrected chi connectivity index (χ2v) is 5.60. The molecule has 3 N–H and O–H groups in total. The fourth-order valence-electron chi connectivity index (χ4n) is 2.34. The summed E-state index contributed by atoms with van der Waals surface area (Å²) in [6.07, 6.45) is 3.17. The Kier molecular flexibility index (Phi) is 3.80. The van der Waals surface area contributed by atoms with Gasteiger partial charge in [-0.3, -0.25) is 0 Å². The number of nitrogens with zero attached hydrogens (tertiary/aromatic N) is 3. The Bertz CT molecular complexity index is 448. The zero-order valence-corrected chi connectivity index (χ0v) is 11.8. The predicted octanol–water partition coefficient (Wildman–Crippen LogP) is 1.20. The second-order valence-electron chi connectivity index (χ2n) is 5.60. The highest BCUT2D eigenvalue weighted by Crippen LogP contribution is 2.32. The molecule has 0 amide bonds. The van der Waals surface area contributed by atoms with Crippen molar-refractivity contribution in [2.75, 3.05) is 23.7 Å². The third-order valence-electron chi connectivity index (χ3n) is 3.15. The lowest BCUT2D eigenvalue weighted by atomic mass is 9.95. The lowest BCUT2D eigenvalue weighted by Crippen LogP contribution is -2.46. The molecule has 1 atom stereocenters. The predicted molar refractivity (Wildman–Crippen MR) is 74.3 cm³/mol. The van der Waals surface area contributed by atoms with Gasteiger partial charge >= 0.3 is 0 Å². The number of nitrogens with two attached hydrogens (primary N) is 1. The first kappa shape index (κ1) is 13.9. The number of aliphatic hydroxyl groups is 1. The van der Waals surface area contributed by atoms with Gasteiger partial charge in [-0.05, 0) is 33.6 Å². The van der Waals surface area contributed by atoms with Gasteiger partial charge in [-0.25, -0.2) is 4.98 Å². The SMILES string of the molecule is CC(C)Oc1ncnc(N2CCCC(C)(O)C2)c1N. The topological polar surface area (TPSA) is 84.5 Å². The summed E-state index contributed by atoms with van der Waals surface area (Å²) in [7, 11) is 0. The maximum atomic E-state index is 10.2. The van der Waals surface area contributed by atoms with E-state index in [1.807, 2.05) is 25.7 Å². The minimum Gasteiger partial charge on any atom is -0.473 e. The molecule has 0 bridgehead atoms. The quantitative estimate of drug-likeness (QED) is 0.855. The van der Waals surface area contributed by atoms with Crippen LogP contribution >= 0.6 is 0 Å². The van der Waals surface area contributed by atoms with Crippen molar-refractivity contribution in [2.45, 2.75) is 45.3 Å². The number of hydrogen-bond acceptors (Lipinski definition) is 6. The summed E-state index contributed by atoms with van der Waals surface area (Å²) >= 11 is 0. The molecule has 0 spiro atoms. The molecule has 19 heavy (non-hydrogen) atoms. The average molecular weight is 266 g/mol. The lowest BCUT2D eigenvalue weighted by molar-refractivity contribution is 0.0447. The van der Waals surface area contributed by atoms with Crippen molar-refractivity contribution in [3.05, 3.63) is 6.33 Å². The number of nitrogen functional groups attached to an aromatic ring is 1. The first-order valence-corrected chi connectivity index (χ1v) is 6.63. The number of anilines is 2. The molecule has 0 aromatic carbocycles. The van der Waals surface area contributed by atoms with Gasteiger partial charge in [0.2, 0.25) is 5.88 Å². The highest BCUT2D eigenvalue weighted by Gasteiger charge is 2.30. The number of aromatic nitrogens is 2. The van der Waals surface area contributed by atoms with Gasteiger partial charge in [0.1, 0.15) is 12.0 Å². The molecule has 106 valence electrons. The smallest absolute Gasteiger partial charge is 0.242 e. The van der Waals surface area contributed by atoms with E-state index in [0.717, 1.165) is 19.4 Å². The zero-order valence-electron chi connectivity index (χ0n) is 11.8. The fourth-order valence-corrected chi connectivity index (χ4v) is 2.34. The van der Waals surface area contributed by atoms with E-state index in [4.69, 9.17) is 10.5 Å². The molecule has 6 heteroatoms. The van der Waals surface area contributed by atoms with Crippen molar-refractivity contribution in [1.82, 2.24) is 9.97 Å². The van der Waals surface area contributed by atoms with Crippen molar-refractivity contribution in [3.63, 3.8) is 0 Å². The summed E-state index contributed by atoms with van der Waals surface area (Å²) < 4.78 is 5.56. The molecular weight excluding hydrogens is 244 g/mol. The molecule has 1 saturated heterocycles. The van der Waals surface area contributed by atoms with Crippen molar-refractivity contribution < 1.29 is 9.84 Å². The van der Waals surface area contributed by atoms with Crippen LogP contribution in [0.5, 0.6) is 5.88 Å². The van der Waals surface area contributed by atoms with Crippen LogP contribution in [0.3, 0.4) is 0 Å². The highest BCUT2D eigenvalue weighted by molar-refractivity contribution is 5.68. The molecule has 1 aliphatic rings. The van der Waals surface area contributed by atoms with Gasteiger partial charge in [0.15, 0.2) is 5.82 Å². The van der Waals surface area contributed by atoms with Crippen molar-refractivity contribution >= 4 is 11.5 Å². The van der Waals surface area contributed by atoms with Gasteiger partial charge in [-0.15, -0.1) is 0 Å². The van der Waals surface area contributed by atoms with E-state index in [1.165, 1.54) is 6.33 Å². The molecule has 2 heterocycles. The molecule has 1 aromatic rings. The number of hydrogen-bond donors (Lipinski definition) is 2. The van der Waals surface area contributed by atoms with E-state index in [0.29, 0.717) is 23.9 Å². The Hall–Kier alpha value is -1.56. The molecule has 0 saturated carbocycles. The van der Waals surface area contributed by atoms with E-state index in [1.54, 1.807) is 0 Å². The van der Waals surface area contributed by atoms with Crippen molar-refractivity contribution in [1.29, 1.82) is 0 Å². The first-order valence-electron chi connectivity index (χ1n) is 6.63.